The number of carbonyl (C=O) groups is 1. The van der Waals surface area contributed by atoms with Gasteiger partial charge in [-0.25, -0.2) is 0 Å². The normalized spacial score (nSPS) is 36.0. The van der Waals surface area contributed by atoms with Crippen molar-refractivity contribution in [2.24, 2.45) is 11.7 Å². The number of nitrogens with zero attached hydrogens (tertiary/aromatic N) is 2. The molecular weight excluding hydrogens is 266 g/mol. The summed E-state index contributed by atoms with van der Waals surface area (Å²) >= 11 is 0. The van der Waals surface area contributed by atoms with Crippen LogP contribution in [-0.2, 0) is 9.53 Å². The van der Waals surface area contributed by atoms with Crippen LogP contribution in [0, 0.1) is 5.92 Å². The van der Waals surface area contributed by atoms with Crippen LogP contribution < -0.4 is 5.73 Å². The van der Waals surface area contributed by atoms with Gasteiger partial charge in [-0.1, -0.05) is 18.9 Å². The van der Waals surface area contributed by atoms with Crippen molar-refractivity contribution in [1.29, 1.82) is 0 Å². The van der Waals surface area contributed by atoms with Gasteiger partial charge < -0.3 is 15.4 Å². The molecule has 1 amide bonds. The van der Waals surface area contributed by atoms with Gasteiger partial charge in [0.2, 0.25) is 5.91 Å². The van der Waals surface area contributed by atoms with Crippen molar-refractivity contribution >= 4 is 5.91 Å². The SMILES string of the molecule is NC(=O)C1=CN2CC3OCC4CCCCC4N3CC2=CC1. The van der Waals surface area contributed by atoms with Crippen LogP contribution in [0.5, 0.6) is 0 Å². The van der Waals surface area contributed by atoms with Gasteiger partial charge in [0.1, 0.15) is 6.23 Å². The Bertz CT molecular complexity index is 514. The second-order valence-electron chi connectivity index (χ2n) is 6.64. The van der Waals surface area contributed by atoms with E-state index in [2.05, 4.69) is 15.9 Å². The Morgan fingerprint density at radius 2 is 2.19 bits per heavy atom. The van der Waals surface area contributed by atoms with E-state index in [9.17, 15) is 4.79 Å². The Morgan fingerprint density at radius 1 is 1.33 bits per heavy atom. The van der Waals surface area contributed by atoms with Crippen LogP contribution in [-0.4, -0.2) is 47.7 Å². The van der Waals surface area contributed by atoms with Crippen molar-refractivity contribution < 1.29 is 9.53 Å². The zero-order chi connectivity index (χ0) is 14.4. The number of carbonyl (C=O) groups excluding carboxylic acids is 1. The zero-order valence-corrected chi connectivity index (χ0v) is 12.3. The lowest BCUT2D eigenvalue weighted by atomic mass is 9.82. The van der Waals surface area contributed by atoms with Gasteiger partial charge in [-0.15, -0.1) is 0 Å². The van der Waals surface area contributed by atoms with E-state index in [4.69, 9.17) is 10.5 Å². The first-order valence-corrected chi connectivity index (χ1v) is 8.06. The Hall–Kier alpha value is -1.33. The summed E-state index contributed by atoms with van der Waals surface area (Å²) in [6.07, 6.45) is 10.2. The quantitative estimate of drug-likeness (QED) is 0.787. The molecule has 3 heterocycles. The third-order valence-electron chi connectivity index (χ3n) is 5.42. The maximum Gasteiger partial charge on any atom is 0.246 e. The van der Waals surface area contributed by atoms with Crippen molar-refractivity contribution in [2.75, 3.05) is 19.7 Å². The molecule has 5 nitrogen and oxygen atoms in total. The predicted octanol–water partition coefficient (Wildman–Crippen LogP) is 1.18. The molecule has 5 heteroatoms. The van der Waals surface area contributed by atoms with E-state index in [1.165, 1.54) is 31.4 Å². The highest BCUT2D eigenvalue weighted by molar-refractivity contribution is 5.92. The number of hydrogen-bond acceptors (Lipinski definition) is 4. The number of fused-ring (bicyclic) bond motifs is 4. The van der Waals surface area contributed by atoms with Gasteiger partial charge in [-0.05, 0) is 25.2 Å². The van der Waals surface area contributed by atoms with Crippen LogP contribution in [0.1, 0.15) is 32.1 Å². The number of nitrogens with two attached hydrogens (primary N) is 1. The number of primary amides is 1. The molecule has 1 aliphatic carbocycles. The third kappa shape index (κ3) is 2.28. The molecule has 4 aliphatic rings. The Kier molecular flexibility index (Phi) is 3.27. The topological polar surface area (TPSA) is 58.8 Å². The second-order valence-corrected chi connectivity index (χ2v) is 6.64. The molecular formula is C16H23N3O2. The number of hydrogen-bond donors (Lipinski definition) is 1. The Labute approximate surface area is 125 Å². The van der Waals surface area contributed by atoms with Crippen LogP contribution in [0.2, 0.25) is 0 Å². The molecule has 3 atom stereocenters. The lowest BCUT2D eigenvalue weighted by molar-refractivity contribution is -0.172. The van der Waals surface area contributed by atoms with Crippen LogP contribution >= 0.6 is 0 Å². The predicted molar refractivity (Wildman–Crippen MR) is 78.9 cm³/mol. The number of piperazine rings is 1. The highest BCUT2D eigenvalue weighted by Gasteiger charge is 2.43. The van der Waals surface area contributed by atoms with Crippen molar-refractivity contribution in [1.82, 2.24) is 9.80 Å². The van der Waals surface area contributed by atoms with Crippen LogP contribution in [0.4, 0.5) is 0 Å². The standard InChI is InChI=1S/C16H23N3O2/c17-16(20)11-5-6-13-8-19-14-4-2-1-3-12(14)10-21-15(19)9-18(13)7-11/h6-7,12,14-15H,1-5,8-10H2,(H2,17,20). The number of ether oxygens (including phenoxy) is 1. The first-order valence-electron chi connectivity index (χ1n) is 8.06. The van der Waals surface area contributed by atoms with Crippen LogP contribution in [0.15, 0.2) is 23.5 Å². The minimum Gasteiger partial charge on any atom is -0.366 e. The average Bonchev–Trinajstić information content (AvgIpc) is 2.52. The summed E-state index contributed by atoms with van der Waals surface area (Å²) in [7, 11) is 0. The molecule has 21 heavy (non-hydrogen) atoms. The monoisotopic (exact) mass is 289 g/mol. The number of amides is 1. The maximum atomic E-state index is 11.4. The summed E-state index contributed by atoms with van der Waals surface area (Å²) < 4.78 is 6.11. The zero-order valence-electron chi connectivity index (χ0n) is 12.3. The molecule has 4 rings (SSSR count). The summed E-state index contributed by atoms with van der Waals surface area (Å²) in [5.74, 6) is 0.395. The highest BCUT2D eigenvalue weighted by Crippen LogP contribution is 2.37. The van der Waals surface area contributed by atoms with E-state index in [0.29, 0.717) is 24.0 Å². The van der Waals surface area contributed by atoms with Crippen molar-refractivity contribution in [3.63, 3.8) is 0 Å². The van der Waals surface area contributed by atoms with E-state index in [0.717, 1.165) is 19.7 Å². The van der Waals surface area contributed by atoms with Gasteiger partial charge in [0, 0.05) is 30.1 Å². The van der Waals surface area contributed by atoms with E-state index in [1.807, 2.05) is 6.20 Å². The molecule has 0 aromatic heterocycles. The number of rotatable bonds is 1. The summed E-state index contributed by atoms with van der Waals surface area (Å²) in [5, 5.41) is 0. The molecule has 114 valence electrons. The third-order valence-corrected chi connectivity index (χ3v) is 5.42. The minimum atomic E-state index is -0.315. The van der Waals surface area contributed by atoms with Crippen LogP contribution in [0.3, 0.4) is 0 Å². The van der Waals surface area contributed by atoms with E-state index in [1.54, 1.807) is 0 Å². The first-order chi connectivity index (χ1) is 10.2. The Morgan fingerprint density at radius 3 is 3.05 bits per heavy atom. The summed E-state index contributed by atoms with van der Waals surface area (Å²) in [6, 6.07) is 0.682. The smallest absolute Gasteiger partial charge is 0.246 e. The molecule has 1 saturated carbocycles. The molecule has 0 aromatic carbocycles. The molecule has 0 spiro atoms. The van der Waals surface area contributed by atoms with Gasteiger partial charge in [0.05, 0.1) is 13.2 Å². The number of allylic oxidation sites excluding steroid dienone is 1. The summed E-state index contributed by atoms with van der Waals surface area (Å²) in [4.78, 5) is 16.1. The fourth-order valence-electron chi connectivity index (χ4n) is 4.25. The second kappa shape index (κ2) is 5.14. The van der Waals surface area contributed by atoms with Crippen LogP contribution in [0.25, 0.3) is 0 Å². The molecule has 2 N–H and O–H groups in total. The summed E-state index contributed by atoms with van der Waals surface area (Å²) in [6.45, 7) is 2.64. The van der Waals surface area contributed by atoms with Crippen molar-refractivity contribution in [2.45, 2.75) is 44.4 Å². The molecule has 0 aromatic rings. The van der Waals surface area contributed by atoms with Gasteiger partial charge >= 0.3 is 0 Å². The largest absolute Gasteiger partial charge is 0.366 e. The maximum absolute atomic E-state index is 11.4. The highest BCUT2D eigenvalue weighted by atomic mass is 16.5. The van der Waals surface area contributed by atoms with Gasteiger partial charge in [-0.2, -0.15) is 0 Å². The summed E-state index contributed by atoms with van der Waals surface area (Å²) in [5.41, 5.74) is 7.39. The minimum absolute atomic E-state index is 0.157. The van der Waals surface area contributed by atoms with E-state index >= 15 is 0 Å². The van der Waals surface area contributed by atoms with Gasteiger partial charge in [-0.3, -0.25) is 9.69 Å². The molecule has 0 radical (unpaired) electrons. The first kappa shape index (κ1) is 13.3. The molecule has 0 bridgehead atoms. The van der Waals surface area contributed by atoms with E-state index in [-0.39, 0.29) is 12.1 Å². The fraction of sp³-hybridized carbons (Fsp3) is 0.688. The molecule has 3 unspecified atom stereocenters. The lowest BCUT2D eigenvalue weighted by Crippen LogP contribution is -2.62. The average molecular weight is 289 g/mol. The van der Waals surface area contributed by atoms with Crippen molar-refractivity contribution in [3.8, 4) is 0 Å². The van der Waals surface area contributed by atoms with Crippen molar-refractivity contribution in [3.05, 3.63) is 23.5 Å². The molecule has 3 aliphatic heterocycles. The van der Waals surface area contributed by atoms with Gasteiger partial charge in [0.15, 0.2) is 0 Å². The molecule has 2 saturated heterocycles. The lowest BCUT2D eigenvalue weighted by Gasteiger charge is -2.53. The van der Waals surface area contributed by atoms with Gasteiger partial charge in [0.25, 0.3) is 0 Å². The molecule has 3 fully saturated rings. The fourth-order valence-corrected chi connectivity index (χ4v) is 4.25. The Balaban J connectivity index is 1.54. The van der Waals surface area contributed by atoms with E-state index < -0.39 is 0 Å².